The molecule has 2 rings (SSSR count). The second-order valence-corrected chi connectivity index (χ2v) is 6.50. The minimum atomic E-state index is -0.782. The molecule has 0 bridgehead atoms. The van der Waals surface area contributed by atoms with Gasteiger partial charge in [-0.1, -0.05) is 0 Å². The van der Waals surface area contributed by atoms with Gasteiger partial charge in [-0.25, -0.2) is 9.59 Å². The van der Waals surface area contributed by atoms with Crippen molar-refractivity contribution in [3.8, 4) is 0 Å². The molecular weight excluding hydrogens is 290 g/mol. The van der Waals surface area contributed by atoms with E-state index in [1.165, 1.54) is 4.90 Å². The van der Waals surface area contributed by atoms with E-state index in [1.54, 1.807) is 27.7 Å². The lowest BCUT2D eigenvalue weighted by atomic mass is 9.96. The predicted molar refractivity (Wildman–Crippen MR) is 77.2 cm³/mol. The predicted octanol–water partition coefficient (Wildman–Crippen LogP) is 1.69. The van der Waals surface area contributed by atoms with E-state index in [9.17, 15) is 9.59 Å². The van der Waals surface area contributed by atoms with Crippen molar-refractivity contribution >= 4 is 12.1 Å². The zero-order valence-electron chi connectivity index (χ0n) is 13.7. The van der Waals surface area contributed by atoms with E-state index in [4.69, 9.17) is 18.9 Å². The summed E-state index contributed by atoms with van der Waals surface area (Å²) < 4.78 is 21.8. The standard InChI is InChI=1S/C15H25NO6/c1-5-19-12(17)11-10-15(20-8-9-21-15)6-7-16(11)13(18)22-14(2,3)4/h11H,5-10H2,1-4H3/t11-/m0/s1. The summed E-state index contributed by atoms with van der Waals surface area (Å²) in [5.74, 6) is -1.23. The number of esters is 1. The van der Waals surface area contributed by atoms with Gasteiger partial charge in [0.25, 0.3) is 0 Å². The SMILES string of the molecule is CCOC(=O)[C@@H]1CC2(CCN1C(=O)OC(C)(C)C)OCCO2. The molecule has 0 aliphatic carbocycles. The number of hydrogen-bond donors (Lipinski definition) is 0. The highest BCUT2D eigenvalue weighted by molar-refractivity contribution is 5.82. The zero-order chi connectivity index (χ0) is 16.4. The summed E-state index contributed by atoms with van der Waals surface area (Å²) in [5.41, 5.74) is -0.619. The van der Waals surface area contributed by atoms with E-state index in [0.717, 1.165) is 0 Å². The Balaban J connectivity index is 2.13. The van der Waals surface area contributed by atoms with Gasteiger partial charge in [0.05, 0.1) is 19.8 Å². The van der Waals surface area contributed by atoms with Crippen LogP contribution in [-0.4, -0.2) is 60.8 Å². The first-order valence-electron chi connectivity index (χ1n) is 7.70. The Kier molecular flexibility index (Phi) is 4.97. The molecule has 0 unspecified atom stereocenters. The summed E-state index contributed by atoms with van der Waals surface area (Å²) in [5, 5.41) is 0. The fourth-order valence-corrected chi connectivity index (χ4v) is 2.70. The van der Waals surface area contributed by atoms with Gasteiger partial charge >= 0.3 is 12.1 Å². The van der Waals surface area contributed by atoms with Crippen molar-refractivity contribution in [1.82, 2.24) is 4.90 Å². The van der Waals surface area contributed by atoms with Crippen LogP contribution in [0.25, 0.3) is 0 Å². The van der Waals surface area contributed by atoms with E-state index < -0.39 is 29.5 Å². The van der Waals surface area contributed by atoms with Crippen LogP contribution < -0.4 is 0 Å². The molecule has 0 aromatic rings. The average Bonchev–Trinajstić information content (AvgIpc) is 2.85. The van der Waals surface area contributed by atoms with Gasteiger partial charge in [-0.2, -0.15) is 0 Å². The fraction of sp³-hybridized carbons (Fsp3) is 0.867. The van der Waals surface area contributed by atoms with Crippen LogP contribution in [-0.2, 0) is 23.7 Å². The maximum atomic E-state index is 12.4. The molecule has 1 spiro atoms. The van der Waals surface area contributed by atoms with Gasteiger partial charge in [0.2, 0.25) is 0 Å². The van der Waals surface area contributed by atoms with E-state index in [1.807, 2.05) is 0 Å². The van der Waals surface area contributed by atoms with Gasteiger partial charge in [-0.3, -0.25) is 4.90 Å². The third kappa shape index (κ3) is 3.89. The van der Waals surface area contributed by atoms with Crippen molar-refractivity contribution in [1.29, 1.82) is 0 Å². The third-order valence-electron chi connectivity index (χ3n) is 3.61. The third-order valence-corrected chi connectivity index (χ3v) is 3.61. The van der Waals surface area contributed by atoms with Gasteiger partial charge in [0.15, 0.2) is 5.79 Å². The molecule has 1 amide bonds. The Morgan fingerprint density at radius 2 is 1.91 bits per heavy atom. The maximum absolute atomic E-state index is 12.4. The first-order valence-corrected chi connectivity index (χ1v) is 7.70. The van der Waals surface area contributed by atoms with Crippen LogP contribution in [0, 0.1) is 0 Å². The number of carbonyl (C=O) groups is 2. The molecule has 22 heavy (non-hydrogen) atoms. The molecule has 2 saturated heterocycles. The number of carbonyl (C=O) groups excluding carboxylic acids is 2. The molecule has 1 atom stereocenters. The maximum Gasteiger partial charge on any atom is 0.411 e. The molecule has 7 heteroatoms. The van der Waals surface area contributed by atoms with Gasteiger partial charge in [-0.15, -0.1) is 0 Å². The lowest BCUT2D eigenvalue weighted by Crippen LogP contribution is -2.57. The molecule has 7 nitrogen and oxygen atoms in total. The summed E-state index contributed by atoms with van der Waals surface area (Å²) in [4.78, 5) is 26.0. The Morgan fingerprint density at radius 1 is 1.27 bits per heavy atom. The Hall–Kier alpha value is -1.34. The second kappa shape index (κ2) is 6.42. The van der Waals surface area contributed by atoms with Crippen LogP contribution in [0.1, 0.15) is 40.5 Å². The van der Waals surface area contributed by atoms with Crippen LogP contribution >= 0.6 is 0 Å². The minimum absolute atomic E-state index is 0.256. The van der Waals surface area contributed by atoms with Gasteiger partial charge in [0.1, 0.15) is 11.6 Å². The number of amides is 1. The molecule has 2 heterocycles. The molecule has 0 radical (unpaired) electrons. The number of hydrogen-bond acceptors (Lipinski definition) is 6. The molecular formula is C15H25NO6. The summed E-state index contributed by atoms with van der Waals surface area (Å²) in [6, 6.07) is -0.748. The molecule has 0 aromatic heterocycles. The summed E-state index contributed by atoms with van der Waals surface area (Å²) >= 11 is 0. The number of ether oxygens (including phenoxy) is 4. The fourth-order valence-electron chi connectivity index (χ4n) is 2.70. The van der Waals surface area contributed by atoms with Crippen molar-refractivity contribution in [3.63, 3.8) is 0 Å². The molecule has 2 aliphatic rings. The van der Waals surface area contributed by atoms with E-state index in [0.29, 0.717) is 26.2 Å². The van der Waals surface area contributed by atoms with Crippen LogP contribution in [0.2, 0.25) is 0 Å². The van der Waals surface area contributed by atoms with Crippen molar-refractivity contribution in [2.24, 2.45) is 0 Å². The first kappa shape index (κ1) is 17.0. The molecule has 0 aromatic carbocycles. The largest absolute Gasteiger partial charge is 0.464 e. The lowest BCUT2D eigenvalue weighted by molar-refractivity contribution is -0.201. The molecule has 126 valence electrons. The van der Waals surface area contributed by atoms with Crippen LogP contribution in [0.3, 0.4) is 0 Å². The normalized spacial score (nSPS) is 24.4. The monoisotopic (exact) mass is 315 g/mol. The van der Waals surface area contributed by atoms with Gasteiger partial charge in [0, 0.05) is 19.4 Å². The molecule has 0 saturated carbocycles. The Bertz CT molecular complexity index is 424. The topological polar surface area (TPSA) is 74.3 Å². The number of nitrogens with zero attached hydrogens (tertiary/aromatic N) is 1. The van der Waals surface area contributed by atoms with Crippen LogP contribution in [0.4, 0.5) is 4.79 Å². The number of piperidine rings is 1. The quantitative estimate of drug-likeness (QED) is 0.722. The van der Waals surface area contributed by atoms with Crippen molar-refractivity contribution in [2.45, 2.75) is 58.0 Å². The number of likely N-dealkylation sites (tertiary alicyclic amines) is 1. The van der Waals surface area contributed by atoms with E-state index in [-0.39, 0.29) is 13.0 Å². The molecule has 0 N–H and O–H groups in total. The zero-order valence-corrected chi connectivity index (χ0v) is 13.7. The Labute approximate surface area is 130 Å². The van der Waals surface area contributed by atoms with Crippen molar-refractivity contribution in [2.75, 3.05) is 26.4 Å². The second-order valence-electron chi connectivity index (χ2n) is 6.50. The molecule has 2 aliphatic heterocycles. The molecule has 2 fully saturated rings. The summed E-state index contributed by atoms with van der Waals surface area (Å²) in [6.07, 6.45) is 0.270. The number of rotatable bonds is 2. The lowest BCUT2D eigenvalue weighted by Gasteiger charge is -2.42. The van der Waals surface area contributed by atoms with E-state index in [2.05, 4.69) is 0 Å². The smallest absolute Gasteiger partial charge is 0.411 e. The summed E-state index contributed by atoms with van der Waals surface area (Å²) in [6.45, 7) is 8.70. The van der Waals surface area contributed by atoms with Crippen molar-refractivity contribution < 1.29 is 28.5 Å². The van der Waals surface area contributed by atoms with Gasteiger partial charge < -0.3 is 18.9 Å². The van der Waals surface area contributed by atoms with E-state index >= 15 is 0 Å². The highest BCUT2D eigenvalue weighted by Gasteiger charge is 2.49. The highest BCUT2D eigenvalue weighted by atomic mass is 16.7. The first-order chi connectivity index (χ1) is 10.3. The highest BCUT2D eigenvalue weighted by Crippen LogP contribution is 2.35. The van der Waals surface area contributed by atoms with Crippen molar-refractivity contribution in [3.05, 3.63) is 0 Å². The average molecular weight is 315 g/mol. The van der Waals surface area contributed by atoms with Crippen LogP contribution in [0.5, 0.6) is 0 Å². The van der Waals surface area contributed by atoms with Gasteiger partial charge in [-0.05, 0) is 27.7 Å². The summed E-state index contributed by atoms with van der Waals surface area (Å²) in [7, 11) is 0. The Morgan fingerprint density at radius 3 is 2.45 bits per heavy atom. The van der Waals surface area contributed by atoms with Crippen LogP contribution in [0.15, 0.2) is 0 Å². The minimum Gasteiger partial charge on any atom is -0.464 e.